The first-order valence-electron chi connectivity index (χ1n) is 6.43. The van der Waals surface area contributed by atoms with E-state index >= 15 is 0 Å². The number of rotatable bonds is 2. The number of hydrogen-bond acceptors (Lipinski definition) is 6. The molecule has 1 saturated heterocycles. The van der Waals surface area contributed by atoms with Crippen LogP contribution >= 0.6 is 0 Å². The Hall–Kier alpha value is -2.51. The summed E-state index contributed by atoms with van der Waals surface area (Å²) >= 11 is 0. The first kappa shape index (κ1) is 12.5. The van der Waals surface area contributed by atoms with Gasteiger partial charge in [-0.1, -0.05) is 0 Å². The van der Waals surface area contributed by atoms with Gasteiger partial charge in [0.05, 0.1) is 0 Å². The fraction of sp³-hybridized carbons (Fsp3) is 0.417. The molecule has 1 aliphatic heterocycles. The van der Waals surface area contributed by atoms with Crippen molar-refractivity contribution in [2.45, 2.75) is 6.92 Å². The average Bonchev–Trinajstić information content (AvgIpc) is 3.02. The Labute approximate surface area is 116 Å². The van der Waals surface area contributed by atoms with Crippen LogP contribution in [0.1, 0.15) is 6.92 Å². The number of nitrogens with zero attached hydrogens (tertiary/aromatic N) is 7. The van der Waals surface area contributed by atoms with Crippen molar-refractivity contribution < 1.29 is 4.79 Å². The molecule has 3 heterocycles. The Bertz CT molecular complexity index is 572. The average molecular weight is 273 g/mol. The van der Waals surface area contributed by atoms with E-state index in [9.17, 15) is 4.79 Å². The number of carbonyl (C=O) groups is 1. The number of amides is 1. The molecule has 8 nitrogen and oxygen atoms in total. The molecule has 1 fully saturated rings. The van der Waals surface area contributed by atoms with Gasteiger partial charge in [0, 0.05) is 33.1 Å². The monoisotopic (exact) mass is 273 g/mol. The van der Waals surface area contributed by atoms with Crippen molar-refractivity contribution >= 4 is 11.7 Å². The first-order valence-corrected chi connectivity index (χ1v) is 6.43. The smallest absolute Gasteiger partial charge is 0.219 e. The molecule has 0 spiro atoms. The molecule has 0 bridgehead atoms. The summed E-state index contributed by atoms with van der Waals surface area (Å²) in [4.78, 5) is 19.1. The molecular formula is C12H15N7O. The Kier molecular flexibility index (Phi) is 3.28. The number of hydrogen-bond donors (Lipinski definition) is 0. The number of carbonyl (C=O) groups excluding carboxylic acids is 1. The second-order valence-corrected chi connectivity index (χ2v) is 4.58. The van der Waals surface area contributed by atoms with Crippen LogP contribution in [-0.2, 0) is 4.79 Å². The highest BCUT2D eigenvalue weighted by Gasteiger charge is 2.19. The second kappa shape index (κ2) is 5.24. The lowest BCUT2D eigenvalue weighted by Crippen LogP contribution is -2.48. The van der Waals surface area contributed by atoms with E-state index in [2.05, 4.69) is 25.2 Å². The minimum atomic E-state index is 0.122. The van der Waals surface area contributed by atoms with Gasteiger partial charge < -0.3 is 9.80 Å². The predicted octanol–water partition coefficient (Wildman–Crippen LogP) is -0.274. The minimum absolute atomic E-state index is 0.122. The summed E-state index contributed by atoms with van der Waals surface area (Å²) in [6, 6.07) is 3.77. The van der Waals surface area contributed by atoms with Crippen molar-refractivity contribution in [1.29, 1.82) is 0 Å². The van der Waals surface area contributed by atoms with Crippen molar-refractivity contribution in [2.24, 2.45) is 0 Å². The lowest BCUT2D eigenvalue weighted by atomic mass is 10.3. The summed E-state index contributed by atoms with van der Waals surface area (Å²) in [5.74, 6) is 1.57. The van der Waals surface area contributed by atoms with E-state index in [4.69, 9.17) is 0 Å². The third kappa shape index (κ3) is 2.44. The van der Waals surface area contributed by atoms with Gasteiger partial charge in [-0.15, -0.1) is 10.2 Å². The maximum absolute atomic E-state index is 11.3. The third-order valence-electron chi connectivity index (χ3n) is 3.34. The molecule has 0 saturated carbocycles. The number of piperazine rings is 1. The normalized spacial score (nSPS) is 15.4. The van der Waals surface area contributed by atoms with Gasteiger partial charge in [0.25, 0.3) is 0 Å². The molecule has 0 N–H and O–H groups in total. The van der Waals surface area contributed by atoms with E-state index < -0.39 is 0 Å². The fourth-order valence-electron chi connectivity index (χ4n) is 2.19. The molecule has 0 aromatic carbocycles. The molecule has 0 atom stereocenters. The van der Waals surface area contributed by atoms with Crippen LogP contribution in [0.2, 0.25) is 0 Å². The maximum atomic E-state index is 11.3. The highest BCUT2D eigenvalue weighted by Crippen LogP contribution is 2.13. The molecule has 2 aromatic heterocycles. The zero-order chi connectivity index (χ0) is 13.9. The highest BCUT2D eigenvalue weighted by atomic mass is 16.2. The summed E-state index contributed by atoms with van der Waals surface area (Å²) in [7, 11) is 0. The maximum Gasteiger partial charge on any atom is 0.219 e. The molecular weight excluding hydrogens is 258 g/mol. The standard InChI is InChI=1S/C12H15N7O/c1-10(20)17-4-6-18(7-5-17)11-2-3-12(16-15-11)19-9-13-8-14-19/h2-3,8-9H,4-7H2,1H3. The van der Waals surface area contributed by atoms with Crippen LogP contribution < -0.4 is 4.90 Å². The topological polar surface area (TPSA) is 80.0 Å². The van der Waals surface area contributed by atoms with Gasteiger partial charge in [0.15, 0.2) is 11.6 Å². The van der Waals surface area contributed by atoms with E-state index in [1.165, 1.54) is 6.33 Å². The Morgan fingerprint density at radius 2 is 1.80 bits per heavy atom. The van der Waals surface area contributed by atoms with Gasteiger partial charge >= 0.3 is 0 Å². The lowest BCUT2D eigenvalue weighted by Gasteiger charge is -2.34. The van der Waals surface area contributed by atoms with Crippen LogP contribution in [0.5, 0.6) is 0 Å². The Morgan fingerprint density at radius 3 is 2.35 bits per heavy atom. The zero-order valence-corrected chi connectivity index (χ0v) is 11.2. The summed E-state index contributed by atoms with van der Waals surface area (Å²) < 4.78 is 1.56. The zero-order valence-electron chi connectivity index (χ0n) is 11.2. The molecule has 0 aliphatic carbocycles. The molecule has 8 heteroatoms. The molecule has 0 unspecified atom stereocenters. The molecule has 0 radical (unpaired) electrons. The molecule has 20 heavy (non-hydrogen) atoms. The van der Waals surface area contributed by atoms with Gasteiger partial charge in [-0.2, -0.15) is 5.10 Å². The highest BCUT2D eigenvalue weighted by molar-refractivity contribution is 5.73. The Balaban J connectivity index is 1.68. The van der Waals surface area contributed by atoms with Gasteiger partial charge in [-0.25, -0.2) is 9.67 Å². The van der Waals surface area contributed by atoms with Crippen LogP contribution in [-0.4, -0.2) is 61.9 Å². The quantitative estimate of drug-likeness (QED) is 0.749. The molecule has 104 valence electrons. The van der Waals surface area contributed by atoms with Crippen LogP contribution in [0.15, 0.2) is 24.8 Å². The van der Waals surface area contributed by atoms with Crippen molar-refractivity contribution in [1.82, 2.24) is 29.9 Å². The van der Waals surface area contributed by atoms with E-state index in [1.54, 1.807) is 17.9 Å². The summed E-state index contributed by atoms with van der Waals surface area (Å²) in [6.45, 7) is 4.60. The van der Waals surface area contributed by atoms with Gasteiger partial charge in [-0.3, -0.25) is 4.79 Å². The number of aromatic nitrogens is 5. The lowest BCUT2D eigenvalue weighted by molar-refractivity contribution is -0.129. The first-order chi connectivity index (χ1) is 9.74. The largest absolute Gasteiger partial charge is 0.352 e. The van der Waals surface area contributed by atoms with Gasteiger partial charge in [0.2, 0.25) is 5.91 Å². The van der Waals surface area contributed by atoms with Crippen molar-refractivity contribution in [3.05, 3.63) is 24.8 Å². The van der Waals surface area contributed by atoms with Crippen LogP contribution in [0.4, 0.5) is 5.82 Å². The van der Waals surface area contributed by atoms with E-state index in [1.807, 2.05) is 17.0 Å². The summed E-state index contributed by atoms with van der Waals surface area (Å²) in [5.41, 5.74) is 0. The second-order valence-electron chi connectivity index (χ2n) is 4.58. The van der Waals surface area contributed by atoms with Crippen LogP contribution in [0, 0.1) is 0 Å². The summed E-state index contributed by atoms with van der Waals surface area (Å²) in [6.07, 6.45) is 3.03. The van der Waals surface area contributed by atoms with Crippen LogP contribution in [0.3, 0.4) is 0 Å². The molecule has 1 amide bonds. The van der Waals surface area contributed by atoms with Crippen molar-refractivity contribution in [3.8, 4) is 5.82 Å². The van der Waals surface area contributed by atoms with Crippen molar-refractivity contribution in [3.63, 3.8) is 0 Å². The predicted molar refractivity (Wildman–Crippen MR) is 71.4 cm³/mol. The van der Waals surface area contributed by atoms with Crippen LogP contribution in [0.25, 0.3) is 5.82 Å². The molecule has 2 aromatic rings. The number of anilines is 1. The van der Waals surface area contributed by atoms with Gasteiger partial charge in [-0.05, 0) is 12.1 Å². The van der Waals surface area contributed by atoms with E-state index in [0.29, 0.717) is 5.82 Å². The minimum Gasteiger partial charge on any atom is -0.352 e. The fourth-order valence-corrected chi connectivity index (χ4v) is 2.19. The SMILES string of the molecule is CC(=O)N1CCN(c2ccc(-n3cncn3)nn2)CC1. The Morgan fingerprint density at radius 1 is 1.10 bits per heavy atom. The third-order valence-corrected chi connectivity index (χ3v) is 3.34. The molecule has 3 rings (SSSR count). The summed E-state index contributed by atoms with van der Waals surface area (Å²) in [5, 5.41) is 12.4. The molecule has 1 aliphatic rings. The van der Waals surface area contributed by atoms with Gasteiger partial charge in [0.1, 0.15) is 12.7 Å². The van der Waals surface area contributed by atoms with Crippen molar-refractivity contribution in [2.75, 3.05) is 31.1 Å². The van der Waals surface area contributed by atoms with E-state index in [-0.39, 0.29) is 5.91 Å². The van der Waals surface area contributed by atoms with E-state index in [0.717, 1.165) is 32.0 Å².